The van der Waals surface area contributed by atoms with Gasteiger partial charge in [-0.3, -0.25) is 4.90 Å². The van der Waals surface area contributed by atoms with Gasteiger partial charge in [0.25, 0.3) is 0 Å². The summed E-state index contributed by atoms with van der Waals surface area (Å²) in [7, 11) is 0. The molecule has 0 radical (unpaired) electrons. The van der Waals surface area contributed by atoms with Crippen molar-refractivity contribution in [1.82, 2.24) is 4.37 Å². The van der Waals surface area contributed by atoms with Crippen LogP contribution in [0.15, 0.2) is 6.07 Å². The Balaban J connectivity index is 2.72. The number of nitrogens with two attached hydrogens (primary N) is 1. The predicted octanol–water partition coefficient (Wildman–Crippen LogP) is 2.14. The highest BCUT2D eigenvalue weighted by Gasteiger charge is 2.13. The van der Waals surface area contributed by atoms with Crippen LogP contribution in [-0.4, -0.2) is 16.9 Å². The molecular formula is C9H15N3OS. The molecule has 2 N–H and O–H groups in total. The van der Waals surface area contributed by atoms with Gasteiger partial charge in [-0.15, -0.1) is 0 Å². The number of urea groups is 1. The third-order valence-corrected chi connectivity index (χ3v) is 2.79. The van der Waals surface area contributed by atoms with Crippen LogP contribution in [0.5, 0.6) is 0 Å². The molecule has 0 saturated heterocycles. The van der Waals surface area contributed by atoms with Crippen LogP contribution in [-0.2, 0) is 0 Å². The Morgan fingerprint density at radius 3 is 2.86 bits per heavy atom. The monoisotopic (exact) mass is 213 g/mol. The maximum atomic E-state index is 11.1. The number of anilines is 1. The smallest absolute Gasteiger partial charge is 0.319 e. The summed E-state index contributed by atoms with van der Waals surface area (Å²) in [6.07, 6.45) is 2.00. The number of nitrogens with zero attached hydrogens (tertiary/aromatic N) is 2. The third-order valence-electron chi connectivity index (χ3n) is 1.88. The van der Waals surface area contributed by atoms with Gasteiger partial charge < -0.3 is 5.73 Å². The summed E-state index contributed by atoms with van der Waals surface area (Å²) >= 11 is 1.31. The van der Waals surface area contributed by atoms with Crippen LogP contribution in [0.25, 0.3) is 0 Å². The number of hydrogen-bond donors (Lipinski definition) is 1. The molecule has 0 fully saturated rings. The molecular weight excluding hydrogens is 198 g/mol. The first kappa shape index (κ1) is 11.0. The highest BCUT2D eigenvalue weighted by atomic mass is 32.1. The van der Waals surface area contributed by atoms with Crippen molar-refractivity contribution in [3.8, 4) is 0 Å². The fraction of sp³-hybridized carbons (Fsp3) is 0.556. The van der Waals surface area contributed by atoms with Crippen molar-refractivity contribution in [3.05, 3.63) is 11.8 Å². The average Bonchev–Trinajstić information content (AvgIpc) is 2.52. The molecule has 0 aliphatic heterocycles. The summed E-state index contributed by atoms with van der Waals surface area (Å²) in [6.45, 7) is 4.66. The summed E-state index contributed by atoms with van der Waals surface area (Å²) in [5.74, 6) is 0. The molecule has 1 heterocycles. The zero-order chi connectivity index (χ0) is 10.6. The van der Waals surface area contributed by atoms with E-state index in [9.17, 15) is 4.79 Å². The topological polar surface area (TPSA) is 59.2 Å². The van der Waals surface area contributed by atoms with Crippen molar-refractivity contribution >= 4 is 22.6 Å². The highest BCUT2D eigenvalue weighted by molar-refractivity contribution is 7.10. The molecule has 0 spiro atoms. The van der Waals surface area contributed by atoms with Gasteiger partial charge in [0.2, 0.25) is 0 Å². The van der Waals surface area contributed by atoms with E-state index in [1.54, 1.807) is 4.90 Å². The lowest BCUT2D eigenvalue weighted by Gasteiger charge is -2.16. The molecule has 0 unspecified atom stereocenters. The highest BCUT2D eigenvalue weighted by Crippen LogP contribution is 2.21. The molecule has 1 rings (SSSR count). The van der Waals surface area contributed by atoms with Gasteiger partial charge in [0.05, 0.1) is 5.69 Å². The molecule has 0 aliphatic carbocycles. The normalized spacial score (nSPS) is 10.1. The standard InChI is InChI=1S/C9H15N3OS/c1-3-4-5-12(9(10)13)8-6-7(2)11-14-8/h6H,3-5H2,1-2H3,(H2,10,13). The number of aryl methyl sites for hydroxylation is 1. The molecule has 4 nitrogen and oxygen atoms in total. The molecule has 14 heavy (non-hydrogen) atoms. The molecule has 0 saturated carbocycles. The Morgan fingerprint density at radius 2 is 2.43 bits per heavy atom. The summed E-state index contributed by atoms with van der Waals surface area (Å²) < 4.78 is 4.12. The number of amides is 2. The molecule has 0 atom stereocenters. The molecule has 2 amide bonds. The Labute approximate surface area is 87.9 Å². The van der Waals surface area contributed by atoms with Gasteiger partial charge in [0.15, 0.2) is 0 Å². The van der Waals surface area contributed by atoms with Gasteiger partial charge >= 0.3 is 6.03 Å². The Hall–Kier alpha value is -1.10. The summed E-state index contributed by atoms with van der Waals surface area (Å²) in [4.78, 5) is 12.7. The minimum absolute atomic E-state index is 0.401. The second kappa shape index (κ2) is 4.95. The zero-order valence-electron chi connectivity index (χ0n) is 8.49. The Morgan fingerprint density at radius 1 is 1.71 bits per heavy atom. The first-order valence-electron chi connectivity index (χ1n) is 4.65. The second-order valence-corrected chi connectivity index (χ2v) is 3.93. The first-order chi connectivity index (χ1) is 6.65. The van der Waals surface area contributed by atoms with Crippen LogP contribution in [0.1, 0.15) is 25.5 Å². The lowest BCUT2D eigenvalue weighted by Crippen LogP contribution is -2.35. The van der Waals surface area contributed by atoms with E-state index in [0.29, 0.717) is 6.54 Å². The van der Waals surface area contributed by atoms with E-state index in [0.717, 1.165) is 23.5 Å². The predicted molar refractivity (Wildman–Crippen MR) is 58.7 cm³/mol. The van der Waals surface area contributed by atoms with Crippen molar-refractivity contribution in [2.75, 3.05) is 11.4 Å². The van der Waals surface area contributed by atoms with Gasteiger partial charge in [-0.05, 0) is 30.9 Å². The molecule has 1 aromatic rings. The van der Waals surface area contributed by atoms with Crippen LogP contribution < -0.4 is 10.6 Å². The number of primary amides is 1. The fourth-order valence-electron chi connectivity index (χ4n) is 1.12. The number of rotatable bonds is 4. The largest absolute Gasteiger partial charge is 0.351 e. The summed E-state index contributed by atoms with van der Waals surface area (Å²) in [5.41, 5.74) is 6.21. The van der Waals surface area contributed by atoms with Crippen LogP contribution in [0, 0.1) is 6.92 Å². The van der Waals surface area contributed by atoms with Gasteiger partial charge in [-0.25, -0.2) is 4.79 Å². The average molecular weight is 213 g/mol. The SMILES string of the molecule is CCCCN(C(N)=O)c1cc(C)ns1. The van der Waals surface area contributed by atoms with Gasteiger partial charge in [-0.1, -0.05) is 13.3 Å². The van der Waals surface area contributed by atoms with Crippen molar-refractivity contribution in [2.24, 2.45) is 5.73 Å². The third kappa shape index (κ3) is 2.70. The number of hydrogen-bond acceptors (Lipinski definition) is 3. The minimum Gasteiger partial charge on any atom is -0.351 e. The second-order valence-electron chi connectivity index (χ2n) is 3.15. The first-order valence-corrected chi connectivity index (χ1v) is 5.42. The van der Waals surface area contributed by atoms with Crippen LogP contribution >= 0.6 is 11.5 Å². The van der Waals surface area contributed by atoms with Crippen molar-refractivity contribution in [1.29, 1.82) is 0 Å². The van der Waals surface area contributed by atoms with Gasteiger partial charge in [-0.2, -0.15) is 4.37 Å². The van der Waals surface area contributed by atoms with E-state index in [1.165, 1.54) is 11.5 Å². The molecule has 0 aliphatic rings. The number of aromatic nitrogens is 1. The molecule has 1 aromatic heterocycles. The van der Waals surface area contributed by atoms with Gasteiger partial charge in [0.1, 0.15) is 5.00 Å². The van der Waals surface area contributed by atoms with E-state index in [-0.39, 0.29) is 0 Å². The van der Waals surface area contributed by atoms with Crippen LogP contribution in [0.2, 0.25) is 0 Å². The van der Waals surface area contributed by atoms with E-state index >= 15 is 0 Å². The fourth-order valence-corrected chi connectivity index (χ4v) is 1.92. The maximum Gasteiger partial charge on any atom is 0.319 e. The van der Waals surface area contributed by atoms with E-state index in [1.807, 2.05) is 13.0 Å². The molecule has 5 heteroatoms. The molecule has 78 valence electrons. The van der Waals surface area contributed by atoms with Crippen LogP contribution in [0.3, 0.4) is 0 Å². The summed E-state index contributed by atoms with van der Waals surface area (Å²) in [5, 5.41) is 0.837. The summed E-state index contributed by atoms with van der Waals surface area (Å²) in [6, 6.07) is 1.48. The van der Waals surface area contributed by atoms with E-state index in [4.69, 9.17) is 5.73 Å². The molecule has 0 aromatic carbocycles. The minimum atomic E-state index is -0.401. The van der Waals surface area contributed by atoms with E-state index in [2.05, 4.69) is 11.3 Å². The lowest BCUT2D eigenvalue weighted by atomic mass is 10.3. The van der Waals surface area contributed by atoms with Crippen molar-refractivity contribution in [2.45, 2.75) is 26.7 Å². The number of carbonyl (C=O) groups excluding carboxylic acids is 1. The quantitative estimate of drug-likeness (QED) is 0.833. The maximum absolute atomic E-state index is 11.1. The lowest BCUT2D eigenvalue weighted by molar-refractivity contribution is 0.254. The zero-order valence-corrected chi connectivity index (χ0v) is 9.30. The van der Waals surface area contributed by atoms with Crippen molar-refractivity contribution < 1.29 is 4.79 Å². The number of unbranched alkanes of at least 4 members (excludes halogenated alkanes) is 1. The molecule has 0 bridgehead atoms. The Kier molecular flexibility index (Phi) is 3.88. The van der Waals surface area contributed by atoms with Gasteiger partial charge in [0, 0.05) is 6.54 Å². The Bertz CT molecular complexity index is 311. The van der Waals surface area contributed by atoms with E-state index < -0.39 is 6.03 Å². The van der Waals surface area contributed by atoms with Crippen LogP contribution in [0.4, 0.5) is 9.80 Å². The number of carbonyl (C=O) groups is 1. The van der Waals surface area contributed by atoms with Crippen molar-refractivity contribution in [3.63, 3.8) is 0 Å².